The average molecular weight is 452 g/mol. The van der Waals surface area contributed by atoms with Crippen LogP contribution in [0.15, 0.2) is 52.9 Å². The van der Waals surface area contributed by atoms with Crippen molar-refractivity contribution < 1.29 is 13.6 Å². The fourth-order valence-electron chi connectivity index (χ4n) is 4.64. The quantitative estimate of drug-likeness (QED) is 0.537. The molecule has 0 radical (unpaired) electrons. The van der Waals surface area contributed by atoms with Crippen LogP contribution in [-0.4, -0.2) is 32.2 Å². The second kappa shape index (κ2) is 9.68. The Morgan fingerprint density at radius 1 is 1.27 bits per heavy atom. The van der Waals surface area contributed by atoms with E-state index in [0.29, 0.717) is 48.1 Å². The molecule has 0 bridgehead atoms. The van der Waals surface area contributed by atoms with Gasteiger partial charge in [-0.3, -0.25) is 4.79 Å². The van der Waals surface area contributed by atoms with Crippen LogP contribution in [0.3, 0.4) is 0 Å². The zero-order valence-corrected chi connectivity index (χ0v) is 19.5. The first-order valence-corrected chi connectivity index (χ1v) is 11.3. The third kappa shape index (κ3) is 5.21. The molecule has 4 rings (SSSR count). The topological polar surface area (TPSA) is 85.8 Å². The maximum Gasteiger partial charge on any atom is 0.265 e. The molecule has 3 unspecified atom stereocenters. The van der Waals surface area contributed by atoms with Crippen molar-refractivity contribution in [2.24, 2.45) is 30.7 Å². The van der Waals surface area contributed by atoms with E-state index in [0.717, 1.165) is 12.1 Å². The summed E-state index contributed by atoms with van der Waals surface area (Å²) in [6, 6.07) is 5.62. The van der Waals surface area contributed by atoms with Crippen LogP contribution in [0.4, 0.5) is 4.39 Å². The van der Waals surface area contributed by atoms with Crippen LogP contribution in [0.2, 0.25) is 0 Å². The highest BCUT2D eigenvalue weighted by atomic mass is 19.1. The molecule has 33 heavy (non-hydrogen) atoms. The molecule has 1 aliphatic carbocycles. The first-order valence-electron chi connectivity index (χ1n) is 11.3. The number of rotatable bonds is 7. The summed E-state index contributed by atoms with van der Waals surface area (Å²) in [5, 5.41) is 11.5. The zero-order chi connectivity index (χ0) is 23.5. The molecule has 0 saturated heterocycles. The lowest BCUT2D eigenvalue weighted by Crippen LogP contribution is -2.37. The van der Waals surface area contributed by atoms with E-state index < -0.39 is 0 Å². The van der Waals surface area contributed by atoms with Gasteiger partial charge >= 0.3 is 0 Å². The molecule has 2 heterocycles. The normalized spacial score (nSPS) is 20.7. The van der Waals surface area contributed by atoms with Crippen molar-refractivity contribution in [2.75, 3.05) is 6.54 Å². The summed E-state index contributed by atoms with van der Waals surface area (Å²) >= 11 is 0. The monoisotopic (exact) mass is 451 g/mol. The number of carbonyl (C=O) groups excluding carboxylic acids is 1. The molecule has 0 aliphatic heterocycles. The van der Waals surface area contributed by atoms with Crippen molar-refractivity contribution in [2.45, 2.75) is 33.6 Å². The Hall–Kier alpha value is -3.29. The third-order valence-electron chi connectivity index (χ3n) is 6.61. The van der Waals surface area contributed by atoms with Crippen molar-refractivity contribution in [3.63, 3.8) is 0 Å². The third-order valence-corrected chi connectivity index (χ3v) is 6.61. The van der Waals surface area contributed by atoms with E-state index in [4.69, 9.17) is 4.42 Å². The van der Waals surface area contributed by atoms with Crippen LogP contribution >= 0.6 is 0 Å². The summed E-state index contributed by atoms with van der Waals surface area (Å²) in [5.41, 5.74) is 2.53. The van der Waals surface area contributed by atoms with Gasteiger partial charge in [-0.05, 0) is 61.3 Å². The molecule has 3 aromatic rings. The van der Waals surface area contributed by atoms with E-state index in [2.05, 4.69) is 47.3 Å². The fraction of sp³-hybridized carbons (Fsp3) is 0.440. The van der Waals surface area contributed by atoms with Crippen LogP contribution in [0.5, 0.6) is 0 Å². The molecule has 1 N–H and O–H groups in total. The number of nitrogens with zero attached hydrogens (tertiary/aromatic N) is 4. The molecule has 0 saturated carbocycles. The van der Waals surface area contributed by atoms with Crippen molar-refractivity contribution in [1.29, 1.82) is 0 Å². The van der Waals surface area contributed by atoms with Crippen molar-refractivity contribution in [3.05, 3.63) is 65.7 Å². The van der Waals surface area contributed by atoms with Gasteiger partial charge in [-0.25, -0.2) is 9.37 Å². The van der Waals surface area contributed by atoms with Crippen LogP contribution in [0.1, 0.15) is 43.4 Å². The van der Waals surface area contributed by atoms with Crippen LogP contribution in [-0.2, 0) is 13.5 Å². The fourth-order valence-corrected chi connectivity index (χ4v) is 4.64. The lowest BCUT2D eigenvalue weighted by Gasteiger charge is -2.37. The lowest BCUT2D eigenvalue weighted by molar-refractivity contribution is 0.0939. The van der Waals surface area contributed by atoms with E-state index in [1.807, 2.05) is 11.6 Å². The Labute approximate surface area is 193 Å². The number of benzene rings is 1. The van der Waals surface area contributed by atoms with E-state index in [-0.39, 0.29) is 17.6 Å². The maximum atomic E-state index is 13.1. The summed E-state index contributed by atoms with van der Waals surface area (Å²) in [5.74, 6) is 1.97. The van der Waals surface area contributed by atoms with Gasteiger partial charge in [-0.2, -0.15) is 0 Å². The number of hydrogen-bond acceptors (Lipinski definition) is 5. The number of halogens is 1. The Balaban J connectivity index is 1.43. The minimum atomic E-state index is -0.350. The Bertz CT molecular complexity index is 1130. The van der Waals surface area contributed by atoms with Crippen LogP contribution in [0.25, 0.3) is 11.6 Å². The molecule has 1 aromatic carbocycles. The van der Waals surface area contributed by atoms with Gasteiger partial charge in [0.2, 0.25) is 5.89 Å². The van der Waals surface area contributed by atoms with Crippen molar-refractivity contribution in [1.82, 2.24) is 25.1 Å². The highest BCUT2D eigenvalue weighted by Gasteiger charge is 2.32. The van der Waals surface area contributed by atoms with Crippen molar-refractivity contribution >= 4 is 5.91 Å². The Morgan fingerprint density at radius 3 is 2.70 bits per heavy atom. The number of imidazole rings is 1. The van der Waals surface area contributed by atoms with Crippen LogP contribution in [0, 0.1) is 29.5 Å². The van der Waals surface area contributed by atoms with Gasteiger partial charge in [-0.1, -0.05) is 25.5 Å². The van der Waals surface area contributed by atoms with Gasteiger partial charge in [0.05, 0.1) is 12.5 Å². The summed E-state index contributed by atoms with van der Waals surface area (Å²) in [6.07, 6.45) is 7.37. The van der Waals surface area contributed by atoms with Gasteiger partial charge in [0, 0.05) is 25.6 Å². The molecule has 174 valence electrons. The first kappa shape index (κ1) is 22.9. The predicted molar refractivity (Wildman–Crippen MR) is 123 cm³/mol. The molecule has 8 heteroatoms. The lowest BCUT2D eigenvalue weighted by atomic mass is 9.70. The highest BCUT2D eigenvalue weighted by molar-refractivity contribution is 5.94. The average Bonchev–Trinajstić information content (AvgIpc) is 3.42. The minimum absolute atomic E-state index is 0.181. The van der Waals surface area contributed by atoms with Gasteiger partial charge < -0.3 is 14.3 Å². The number of amides is 1. The molecule has 1 aliphatic rings. The standard InChI is InChI=1S/C25H30FN5O2/c1-15(2)21-10-18(11-23-29-30-25(33-23)22-13-27-14-31(22)4)16(3)9-19(21)12-28-24(32)17-5-7-20(26)8-6-17/h5-9,13-15,18-19,21H,10-12H2,1-4H3,(H,28,32). The zero-order valence-electron chi connectivity index (χ0n) is 19.5. The second-order valence-electron chi connectivity index (χ2n) is 9.23. The van der Waals surface area contributed by atoms with E-state index in [1.54, 1.807) is 12.5 Å². The van der Waals surface area contributed by atoms with E-state index in [9.17, 15) is 9.18 Å². The minimum Gasteiger partial charge on any atom is -0.419 e. The van der Waals surface area contributed by atoms with Gasteiger partial charge in [0.1, 0.15) is 11.5 Å². The number of aromatic nitrogens is 4. The van der Waals surface area contributed by atoms with Gasteiger partial charge in [-0.15, -0.1) is 10.2 Å². The van der Waals surface area contributed by atoms with Crippen molar-refractivity contribution in [3.8, 4) is 11.6 Å². The molecule has 2 aromatic heterocycles. The summed E-state index contributed by atoms with van der Waals surface area (Å²) in [6.45, 7) is 7.12. The number of hydrogen-bond donors (Lipinski definition) is 1. The molecule has 1 amide bonds. The number of carbonyl (C=O) groups is 1. The molecule has 7 nitrogen and oxygen atoms in total. The number of aryl methyl sites for hydroxylation is 1. The summed E-state index contributed by atoms with van der Waals surface area (Å²) < 4.78 is 20.9. The molecule has 0 fully saturated rings. The van der Waals surface area contributed by atoms with Gasteiger partial charge in [0.15, 0.2) is 0 Å². The van der Waals surface area contributed by atoms with Gasteiger partial charge in [0.25, 0.3) is 11.8 Å². The first-order chi connectivity index (χ1) is 15.8. The number of nitrogens with one attached hydrogen (secondary N) is 1. The Morgan fingerprint density at radius 2 is 2.03 bits per heavy atom. The molecular weight excluding hydrogens is 421 g/mol. The highest BCUT2D eigenvalue weighted by Crippen LogP contribution is 2.38. The molecular formula is C25H30FN5O2. The van der Waals surface area contributed by atoms with E-state index >= 15 is 0 Å². The summed E-state index contributed by atoms with van der Waals surface area (Å²) in [7, 11) is 1.89. The van der Waals surface area contributed by atoms with E-state index in [1.165, 1.54) is 29.8 Å². The Kier molecular flexibility index (Phi) is 6.72. The predicted octanol–water partition coefficient (Wildman–Crippen LogP) is 4.44. The SMILES string of the molecule is CC1=CC(CNC(=O)c2ccc(F)cc2)C(C(C)C)CC1Cc1nnc(-c2cncn2C)o1. The largest absolute Gasteiger partial charge is 0.419 e. The smallest absolute Gasteiger partial charge is 0.265 e. The maximum absolute atomic E-state index is 13.1. The molecule has 0 spiro atoms. The second-order valence-corrected chi connectivity index (χ2v) is 9.23. The van der Waals surface area contributed by atoms with Crippen LogP contribution < -0.4 is 5.32 Å². The summed E-state index contributed by atoms with van der Waals surface area (Å²) in [4.78, 5) is 16.6. The number of allylic oxidation sites excluding steroid dienone is 1. The molecule has 3 atom stereocenters.